The third-order valence-electron chi connectivity index (χ3n) is 4.80. The van der Waals surface area contributed by atoms with E-state index in [0.717, 1.165) is 25.7 Å². The van der Waals surface area contributed by atoms with Crippen LogP contribution in [0.4, 0.5) is 10.5 Å². The molecule has 7 nitrogen and oxygen atoms in total. The van der Waals surface area contributed by atoms with Crippen LogP contribution in [-0.2, 0) is 9.59 Å². The molecule has 0 atom stereocenters. The Balaban J connectivity index is 1.61. The van der Waals surface area contributed by atoms with E-state index in [1.54, 1.807) is 25.2 Å². The highest BCUT2D eigenvalue weighted by Gasteiger charge is 2.16. The first-order valence-electron chi connectivity index (χ1n) is 9.88. The maximum Gasteiger partial charge on any atom is 0.315 e. The van der Waals surface area contributed by atoms with Gasteiger partial charge < -0.3 is 20.9 Å². The van der Waals surface area contributed by atoms with Gasteiger partial charge in [-0.1, -0.05) is 42.5 Å². The molecule has 1 fully saturated rings. The fraction of sp³-hybridized carbons (Fsp3) is 0.550. The molecular weight excluding hydrogens is 415 g/mol. The Morgan fingerprint density at radius 1 is 1.10 bits per heavy atom. The summed E-state index contributed by atoms with van der Waals surface area (Å²) >= 11 is 11.8. The van der Waals surface area contributed by atoms with Gasteiger partial charge in [0.05, 0.1) is 16.6 Å². The van der Waals surface area contributed by atoms with E-state index in [2.05, 4.69) is 16.0 Å². The predicted octanol–water partition coefficient (Wildman–Crippen LogP) is 3.80. The molecule has 0 aliphatic heterocycles. The fourth-order valence-corrected chi connectivity index (χ4v) is 3.49. The zero-order chi connectivity index (χ0) is 21.2. The standard InChI is InChI=1S/C20H28Cl2N4O3/c1-26(13-18(27)24-15-9-10-16(21)17(22)12-15)19(28)8-5-11-23-20(29)25-14-6-3-2-4-7-14/h9-10,12,14H,2-8,11,13H2,1H3,(H,24,27)(H2,23,25,29). The highest BCUT2D eigenvalue weighted by atomic mass is 35.5. The number of nitrogens with zero attached hydrogens (tertiary/aromatic N) is 1. The number of carbonyl (C=O) groups is 3. The van der Waals surface area contributed by atoms with Gasteiger partial charge >= 0.3 is 6.03 Å². The van der Waals surface area contributed by atoms with Crippen LogP contribution in [0.25, 0.3) is 0 Å². The molecule has 9 heteroatoms. The third-order valence-corrected chi connectivity index (χ3v) is 5.54. The third kappa shape index (κ3) is 8.50. The number of amides is 4. The van der Waals surface area contributed by atoms with Gasteiger partial charge in [-0.25, -0.2) is 4.79 Å². The van der Waals surface area contributed by atoms with Crippen molar-refractivity contribution in [2.24, 2.45) is 0 Å². The van der Waals surface area contributed by atoms with Crippen molar-refractivity contribution in [1.29, 1.82) is 0 Å². The summed E-state index contributed by atoms with van der Waals surface area (Å²) in [6, 6.07) is 4.85. The maximum atomic E-state index is 12.2. The quantitative estimate of drug-likeness (QED) is 0.534. The van der Waals surface area contributed by atoms with Crippen molar-refractivity contribution < 1.29 is 14.4 Å². The summed E-state index contributed by atoms with van der Waals surface area (Å²) in [5.41, 5.74) is 0.512. The number of benzene rings is 1. The van der Waals surface area contributed by atoms with E-state index in [9.17, 15) is 14.4 Å². The van der Waals surface area contributed by atoms with E-state index in [1.165, 1.54) is 11.3 Å². The van der Waals surface area contributed by atoms with E-state index in [1.807, 2.05) is 0 Å². The van der Waals surface area contributed by atoms with Gasteiger partial charge in [-0.2, -0.15) is 0 Å². The number of hydrogen-bond donors (Lipinski definition) is 3. The number of hydrogen-bond acceptors (Lipinski definition) is 3. The van der Waals surface area contributed by atoms with Crippen LogP contribution in [0, 0.1) is 0 Å². The van der Waals surface area contributed by atoms with Gasteiger partial charge in [0.1, 0.15) is 0 Å². The van der Waals surface area contributed by atoms with Crippen molar-refractivity contribution in [3.8, 4) is 0 Å². The van der Waals surface area contributed by atoms with Gasteiger partial charge in [0.15, 0.2) is 0 Å². The number of nitrogens with one attached hydrogen (secondary N) is 3. The predicted molar refractivity (Wildman–Crippen MR) is 115 cm³/mol. The van der Waals surface area contributed by atoms with Gasteiger partial charge in [-0.05, 0) is 37.5 Å². The summed E-state index contributed by atoms with van der Waals surface area (Å²) in [4.78, 5) is 37.5. The normalized spacial score (nSPS) is 14.2. The Kier molecular flexibility index (Phi) is 9.54. The Morgan fingerprint density at radius 3 is 2.52 bits per heavy atom. The molecule has 0 aromatic heterocycles. The highest BCUT2D eigenvalue weighted by molar-refractivity contribution is 6.42. The molecule has 160 valence electrons. The minimum atomic E-state index is -0.329. The lowest BCUT2D eigenvalue weighted by Gasteiger charge is -2.22. The van der Waals surface area contributed by atoms with Crippen LogP contribution in [0.15, 0.2) is 18.2 Å². The van der Waals surface area contributed by atoms with E-state index in [4.69, 9.17) is 23.2 Å². The first-order chi connectivity index (χ1) is 13.8. The summed E-state index contributed by atoms with van der Waals surface area (Å²) in [7, 11) is 1.57. The molecule has 0 spiro atoms. The Labute approximate surface area is 181 Å². The van der Waals surface area contributed by atoms with Gasteiger partial charge in [-0.15, -0.1) is 0 Å². The van der Waals surface area contributed by atoms with Crippen LogP contribution in [0.2, 0.25) is 10.0 Å². The molecule has 1 aliphatic rings. The Morgan fingerprint density at radius 2 is 1.83 bits per heavy atom. The van der Waals surface area contributed by atoms with Crippen molar-refractivity contribution in [3.63, 3.8) is 0 Å². The van der Waals surface area contributed by atoms with Gasteiger partial charge in [0.25, 0.3) is 0 Å². The zero-order valence-corrected chi connectivity index (χ0v) is 18.1. The molecule has 1 aliphatic carbocycles. The molecular formula is C20H28Cl2N4O3. The zero-order valence-electron chi connectivity index (χ0n) is 16.6. The average Bonchev–Trinajstić information content (AvgIpc) is 2.68. The van der Waals surface area contributed by atoms with E-state index < -0.39 is 0 Å². The minimum absolute atomic E-state index is 0.0747. The van der Waals surface area contributed by atoms with Crippen molar-refractivity contribution in [3.05, 3.63) is 28.2 Å². The van der Waals surface area contributed by atoms with Crippen LogP contribution in [-0.4, -0.2) is 48.9 Å². The second-order valence-electron chi connectivity index (χ2n) is 7.27. The number of carbonyl (C=O) groups excluding carboxylic acids is 3. The molecule has 3 N–H and O–H groups in total. The molecule has 29 heavy (non-hydrogen) atoms. The van der Waals surface area contributed by atoms with Crippen LogP contribution in [0.1, 0.15) is 44.9 Å². The SMILES string of the molecule is CN(CC(=O)Nc1ccc(Cl)c(Cl)c1)C(=O)CCCNC(=O)NC1CCCCC1. The molecule has 0 radical (unpaired) electrons. The lowest BCUT2D eigenvalue weighted by Crippen LogP contribution is -2.43. The summed E-state index contributed by atoms with van der Waals surface area (Å²) in [5.74, 6) is -0.493. The molecule has 0 unspecified atom stereocenters. The maximum absolute atomic E-state index is 12.2. The van der Waals surface area contributed by atoms with E-state index in [-0.39, 0.29) is 36.9 Å². The first-order valence-corrected chi connectivity index (χ1v) is 10.6. The molecule has 0 bridgehead atoms. The van der Waals surface area contributed by atoms with Crippen LogP contribution >= 0.6 is 23.2 Å². The number of rotatable bonds is 8. The van der Waals surface area contributed by atoms with E-state index >= 15 is 0 Å². The molecule has 0 heterocycles. The van der Waals surface area contributed by atoms with Crippen LogP contribution in [0.5, 0.6) is 0 Å². The second kappa shape index (κ2) is 11.9. The summed E-state index contributed by atoms with van der Waals surface area (Å²) in [5, 5.41) is 9.17. The van der Waals surface area contributed by atoms with Crippen molar-refractivity contribution >= 4 is 46.7 Å². The molecule has 1 saturated carbocycles. The summed E-state index contributed by atoms with van der Waals surface area (Å²) in [6.07, 6.45) is 6.37. The molecule has 1 aromatic carbocycles. The number of likely N-dealkylation sites (N-methyl/N-ethyl adjacent to an activating group) is 1. The summed E-state index contributed by atoms with van der Waals surface area (Å²) < 4.78 is 0. The average molecular weight is 443 g/mol. The molecule has 0 saturated heterocycles. The number of halogens is 2. The topological polar surface area (TPSA) is 90.5 Å². The van der Waals surface area contributed by atoms with Crippen LogP contribution in [0.3, 0.4) is 0 Å². The Bertz CT molecular complexity index is 724. The fourth-order valence-electron chi connectivity index (χ4n) is 3.19. The van der Waals surface area contributed by atoms with Gasteiger partial charge in [0, 0.05) is 31.7 Å². The smallest absolute Gasteiger partial charge is 0.315 e. The number of urea groups is 1. The molecule has 2 rings (SSSR count). The molecule has 1 aromatic rings. The highest BCUT2D eigenvalue weighted by Crippen LogP contribution is 2.25. The van der Waals surface area contributed by atoms with Crippen molar-refractivity contribution in [1.82, 2.24) is 15.5 Å². The minimum Gasteiger partial charge on any atom is -0.338 e. The van der Waals surface area contributed by atoms with Gasteiger partial charge in [0.2, 0.25) is 11.8 Å². The first kappa shape index (κ1) is 23.3. The van der Waals surface area contributed by atoms with Gasteiger partial charge in [-0.3, -0.25) is 9.59 Å². The monoisotopic (exact) mass is 442 g/mol. The van der Waals surface area contributed by atoms with Crippen molar-refractivity contribution in [2.75, 3.05) is 25.5 Å². The largest absolute Gasteiger partial charge is 0.338 e. The molecule has 4 amide bonds. The Hall–Kier alpha value is -1.99. The van der Waals surface area contributed by atoms with E-state index in [0.29, 0.717) is 28.7 Å². The number of anilines is 1. The second-order valence-corrected chi connectivity index (χ2v) is 8.08. The summed E-state index contributed by atoms with van der Waals surface area (Å²) in [6.45, 7) is 0.336. The van der Waals surface area contributed by atoms with Crippen LogP contribution < -0.4 is 16.0 Å². The lowest BCUT2D eigenvalue weighted by molar-refractivity contribution is -0.133. The van der Waals surface area contributed by atoms with Crippen molar-refractivity contribution in [2.45, 2.75) is 51.0 Å². The lowest BCUT2D eigenvalue weighted by atomic mass is 9.96.